The molecule has 1 N–H and O–H groups in total. The first-order valence-electron chi connectivity index (χ1n) is 4.30. The summed E-state index contributed by atoms with van der Waals surface area (Å²) in [6, 6.07) is 6.52. The van der Waals surface area contributed by atoms with E-state index in [0.717, 1.165) is 4.47 Å². The van der Waals surface area contributed by atoms with Crippen LogP contribution in [0.15, 0.2) is 22.7 Å². The van der Waals surface area contributed by atoms with Crippen molar-refractivity contribution >= 4 is 38.5 Å². The molecule has 0 amide bonds. The number of rotatable bonds is 4. The second kappa shape index (κ2) is 6.05. The molecule has 0 aliphatic rings. The van der Waals surface area contributed by atoms with Gasteiger partial charge in [-0.2, -0.15) is 0 Å². The first-order chi connectivity index (χ1) is 6.69. The van der Waals surface area contributed by atoms with Gasteiger partial charge in [0.05, 0.1) is 12.6 Å². The van der Waals surface area contributed by atoms with Gasteiger partial charge in [-0.15, -0.1) is 0 Å². The van der Waals surface area contributed by atoms with Gasteiger partial charge in [-0.3, -0.25) is 0 Å². The smallest absolute Gasteiger partial charge is 0.0657 e. The first kappa shape index (κ1) is 12.4. The van der Waals surface area contributed by atoms with E-state index in [1.54, 1.807) is 7.11 Å². The molecular formula is C10H13BrINO. The molecule has 0 aliphatic carbocycles. The highest BCUT2D eigenvalue weighted by Crippen LogP contribution is 2.24. The average molecular weight is 370 g/mol. The minimum Gasteiger partial charge on any atom is -0.383 e. The molecule has 78 valence electrons. The second-order valence-electron chi connectivity index (χ2n) is 2.96. The van der Waals surface area contributed by atoms with Gasteiger partial charge in [0.2, 0.25) is 0 Å². The van der Waals surface area contributed by atoms with Crippen molar-refractivity contribution in [1.29, 1.82) is 0 Å². The highest BCUT2D eigenvalue weighted by molar-refractivity contribution is 14.1. The van der Waals surface area contributed by atoms with E-state index in [-0.39, 0.29) is 6.04 Å². The summed E-state index contributed by atoms with van der Waals surface area (Å²) in [5.41, 5.74) is 1.27. The van der Waals surface area contributed by atoms with Gasteiger partial charge >= 0.3 is 0 Å². The van der Waals surface area contributed by atoms with E-state index >= 15 is 0 Å². The SMILES string of the molecule is CNC(COC)c1cc(Br)ccc1I. The predicted molar refractivity (Wildman–Crippen MR) is 70.5 cm³/mol. The van der Waals surface area contributed by atoms with Gasteiger partial charge in [-0.1, -0.05) is 15.9 Å². The summed E-state index contributed by atoms with van der Waals surface area (Å²) in [7, 11) is 3.66. The summed E-state index contributed by atoms with van der Waals surface area (Å²) in [4.78, 5) is 0. The molecule has 0 aromatic heterocycles. The summed E-state index contributed by atoms with van der Waals surface area (Å²) in [6.07, 6.45) is 0. The molecule has 0 fully saturated rings. The molecule has 0 saturated carbocycles. The molecule has 1 aromatic carbocycles. The van der Waals surface area contributed by atoms with Gasteiger partial charge in [0.15, 0.2) is 0 Å². The molecule has 4 heteroatoms. The maximum Gasteiger partial charge on any atom is 0.0657 e. The molecule has 0 aliphatic heterocycles. The maximum absolute atomic E-state index is 5.16. The number of hydrogen-bond donors (Lipinski definition) is 1. The zero-order chi connectivity index (χ0) is 10.6. The number of benzene rings is 1. The maximum atomic E-state index is 5.16. The fourth-order valence-electron chi connectivity index (χ4n) is 1.28. The molecule has 0 bridgehead atoms. The summed E-state index contributed by atoms with van der Waals surface area (Å²) < 4.78 is 7.52. The van der Waals surface area contributed by atoms with E-state index in [2.05, 4.69) is 56.0 Å². The van der Waals surface area contributed by atoms with Crippen LogP contribution in [0.3, 0.4) is 0 Å². The van der Waals surface area contributed by atoms with Crippen LogP contribution in [0, 0.1) is 3.57 Å². The summed E-state index contributed by atoms with van der Waals surface area (Å²) in [5.74, 6) is 0. The Bertz CT molecular complexity index is 306. The van der Waals surface area contributed by atoms with Gasteiger partial charge in [-0.25, -0.2) is 0 Å². The molecule has 0 radical (unpaired) electrons. The zero-order valence-corrected chi connectivity index (χ0v) is 11.9. The van der Waals surface area contributed by atoms with Crippen LogP contribution in [0.1, 0.15) is 11.6 Å². The quantitative estimate of drug-likeness (QED) is 0.824. The number of halogens is 2. The number of methoxy groups -OCH3 is 1. The van der Waals surface area contributed by atoms with Gasteiger partial charge in [0.1, 0.15) is 0 Å². The Balaban J connectivity index is 2.96. The Morgan fingerprint density at radius 1 is 1.57 bits per heavy atom. The van der Waals surface area contributed by atoms with Crippen LogP contribution in [0.5, 0.6) is 0 Å². The van der Waals surface area contributed by atoms with Gasteiger partial charge in [0.25, 0.3) is 0 Å². The molecule has 0 heterocycles. The molecule has 0 spiro atoms. The van der Waals surface area contributed by atoms with E-state index in [4.69, 9.17) is 4.74 Å². The second-order valence-corrected chi connectivity index (χ2v) is 5.04. The Hall–Kier alpha value is 0.350. The Morgan fingerprint density at radius 3 is 2.86 bits per heavy atom. The molecule has 1 atom stereocenters. The lowest BCUT2D eigenvalue weighted by Crippen LogP contribution is -2.22. The highest BCUT2D eigenvalue weighted by Gasteiger charge is 2.12. The lowest BCUT2D eigenvalue weighted by molar-refractivity contribution is 0.170. The third-order valence-corrected chi connectivity index (χ3v) is 3.49. The standard InChI is InChI=1S/C10H13BrINO/c1-13-10(6-14-2)8-5-7(11)3-4-9(8)12/h3-5,10,13H,6H2,1-2H3. The number of likely N-dealkylation sites (N-methyl/N-ethyl adjacent to an activating group) is 1. The number of hydrogen-bond acceptors (Lipinski definition) is 2. The minimum atomic E-state index is 0.254. The van der Waals surface area contributed by atoms with Gasteiger partial charge in [-0.05, 0) is 53.4 Å². The van der Waals surface area contributed by atoms with E-state index in [9.17, 15) is 0 Å². The third-order valence-electron chi connectivity index (χ3n) is 2.02. The molecule has 0 saturated heterocycles. The molecule has 14 heavy (non-hydrogen) atoms. The van der Waals surface area contributed by atoms with Crippen molar-refractivity contribution in [3.8, 4) is 0 Å². The summed E-state index contributed by atoms with van der Waals surface area (Å²) in [5, 5.41) is 3.24. The Morgan fingerprint density at radius 2 is 2.29 bits per heavy atom. The number of ether oxygens (including phenoxy) is 1. The fraction of sp³-hybridized carbons (Fsp3) is 0.400. The van der Waals surface area contributed by atoms with E-state index in [0.29, 0.717) is 6.61 Å². The van der Waals surface area contributed by atoms with Gasteiger partial charge < -0.3 is 10.1 Å². The Kier molecular flexibility index (Phi) is 5.36. The van der Waals surface area contributed by atoms with Crippen molar-refractivity contribution in [1.82, 2.24) is 5.32 Å². The lowest BCUT2D eigenvalue weighted by atomic mass is 10.1. The monoisotopic (exact) mass is 369 g/mol. The molecular weight excluding hydrogens is 357 g/mol. The van der Waals surface area contributed by atoms with Crippen molar-refractivity contribution < 1.29 is 4.74 Å². The predicted octanol–water partition coefficient (Wildman–Crippen LogP) is 2.96. The molecule has 2 nitrogen and oxygen atoms in total. The van der Waals surface area contributed by atoms with Crippen LogP contribution in [0.2, 0.25) is 0 Å². The summed E-state index contributed by atoms with van der Waals surface area (Å²) in [6.45, 7) is 0.683. The van der Waals surface area contributed by atoms with Crippen molar-refractivity contribution in [2.24, 2.45) is 0 Å². The summed E-state index contributed by atoms with van der Waals surface area (Å²) >= 11 is 5.81. The van der Waals surface area contributed by atoms with Crippen LogP contribution < -0.4 is 5.32 Å². The van der Waals surface area contributed by atoms with Crippen molar-refractivity contribution in [3.05, 3.63) is 31.8 Å². The van der Waals surface area contributed by atoms with Crippen LogP contribution in [-0.2, 0) is 4.74 Å². The van der Waals surface area contributed by atoms with E-state index in [1.165, 1.54) is 9.13 Å². The van der Waals surface area contributed by atoms with Crippen molar-refractivity contribution in [2.45, 2.75) is 6.04 Å². The molecule has 1 unspecified atom stereocenters. The first-order valence-corrected chi connectivity index (χ1v) is 6.17. The fourth-order valence-corrected chi connectivity index (χ4v) is 2.37. The van der Waals surface area contributed by atoms with Gasteiger partial charge in [0, 0.05) is 15.2 Å². The van der Waals surface area contributed by atoms with E-state index in [1.807, 2.05) is 13.1 Å². The average Bonchev–Trinajstić information content (AvgIpc) is 2.18. The van der Waals surface area contributed by atoms with Crippen molar-refractivity contribution in [2.75, 3.05) is 20.8 Å². The Labute approximate surface area is 107 Å². The molecule has 1 aromatic rings. The minimum absolute atomic E-state index is 0.254. The third kappa shape index (κ3) is 3.18. The lowest BCUT2D eigenvalue weighted by Gasteiger charge is -2.17. The largest absolute Gasteiger partial charge is 0.383 e. The van der Waals surface area contributed by atoms with Crippen molar-refractivity contribution in [3.63, 3.8) is 0 Å². The van der Waals surface area contributed by atoms with Crippen LogP contribution in [-0.4, -0.2) is 20.8 Å². The van der Waals surface area contributed by atoms with Crippen LogP contribution in [0.4, 0.5) is 0 Å². The highest BCUT2D eigenvalue weighted by atomic mass is 127. The van der Waals surface area contributed by atoms with Crippen LogP contribution >= 0.6 is 38.5 Å². The normalized spacial score (nSPS) is 12.9. The molecule has 1 rings (SSSR count). The zero-order valence-electron chi connectivity index (χ0n) is 8.18. The number of nitrogens with one attached hydrogen (secondary N) is 1. The van der Waals surface area contributed by atoms with E-state index < -0.39 is 0 Å². The topological polar surface area (TPSA) is 21.3 Å². The van der Waals surface area contributed by atoms with Crippen LogP contribution in [0.25, 0.3) is 0 Å².